The summed E-state index contributed by atoms with van der Waals surface area (Å²) in [4.78, 5) is 0.0283. The molecule has 0 aliphatic carbocycles. The molecule has 9 heteroatoms. The normalized spacial score (nSPS) is 11.7. The maximum atomic E-state index is 13.9. The van der Waals surface area contributed by atoms with E-state index in [9.17, 15) is 17.2 Å². The Morgan fingerprint density at radius 1 is 1.08 bits per heavy atom. The molecule has 0 amide bonds. The summed E-state index contributed by atoms with van der Waals surface area (Å²) in [5.74, 6) is -1.41. The lowest BCUT2D eigenvalue weighted by molar-refractivity contribution is 0.582. The molecular formula is C15H10BrF2N3O2S. The van der Waals surface area contributed by atoms with Gasteiger partial charge in [0.15, 0.2) is 0 Å². The molecule has 3 rings (SSSR count). The van der Waals surface area contributed by atoms with Crippen molar-refractivity contribution >= 4 is 25.8 Å². The zero-order valence-corrected chi connectivity index (χ0v) is 14.6. The topological polar surface area (TPSA) is 64.8 Å². The van der Waals surface area contributed by atoms with Crippen molar-refractivity contribution in [2.24, 2.45) is 0 Å². The molecular weight excluding hydrogens is 404 g/mol. The zero-order chi connectivity index (χ0) is 17.5. The van der Waals surface area contributed by atoms with Crippen LogP contribution in [0, 0.1) is 18.6 Å². The van der Waals surface area contributed by atoms with Crippen LogP contribution in [0.2, 0.25) is 0 Å². The van der Waals surface area contributed by atoms with Gasteiger partial charge in [0.05, 0.1) is 10.6 Å². The highest BCUT2D eigenvalue weighted by Crippen LogP contribution is 2.25. The monoisotopic (exact) mass is 413 g/mol. The maximum Gasteiger partial charge on any atom is 0.227 e. The van der Waals surface area contributed by atoms with Crippen LogP contribution in [0.4, 0.5) is 8.78 Å². The number of sulfone groups is 1. The summed E-state index contributed by atoms with van der Waals surface area (Å²) in [7, 11) is -3.93. The van der Waals surface area contributed by atoms with Gasteiger partial charge in [-0.3, -0.25) is 0 Å². The highest BCUT2D eigenvalue weighted by Gasteiger charge is 2.26. The molecule has 0 N–H and O–H groups in total. The number of nitrogens with zero attached hydrogens (tertiary/aromatic N) is 3. The number of rotatable bonds is 3. The van der Waals surface area contributed by atoms with Crippen LogP contribution in [0.15, 0.2) is 56.9 Å². The van der Waals surface area contributed by atoms with Crippen molar-refractivity contribution in [3.63, 3.8) is 0 Å². The van der Waals surface area contributed by atoms with Gasteiger partial charge >= 0.3 is 0 Å². The minimum Gasteiger partial charge on any atom is -0.217 e. The van der Waals surface area contributed by atoms with Gasteiger partial charge in [-0.1, -0.05) is 21.1 Å². The van der Waals surface area contributed by atoms with Crippen LogP contribution in [0.5, 0.6) is 0 Å². The predicted molar refractivity (Wildman–Crippen MR) is 85.6 cm³/mol. The Balaban J connectivity index is 2.13. The molecule has 1 aromatic heterocycles. The Morgan fingerprint density at radius 3 is 2.42 bits per heavy atom. The number of halogens is 3. The van der Waals surface area contributed by atoms with Gasteiger partial charge in [0.25, 0.3) is 0 Å². The summed E-state index contributed by atoms with van der Waals surface area (Å²) in [6, 6.07) is 8.82. The van der Waals surface area contributed by atoms with Crippen molar-refractivity contribution < 1.29 is 17.2 Å². The van der Waals surface area contributed by atoms with Crippen molar-refractivity contribution in [2.45, 2.75) is 16.8 Å². The van der Waals surface area contributed by atoms with Crippen molar-refractivity contribution in [3.05, 3.63) is 64.3 Å². The summed E-state index contributed by atoms with van der Waals surface area (Å²) in [5.41, 5.74) is -0.125. The second-order valence-electron chi connectivity index (χ2n) is 4.94. The molecule has 5 nitrogen and oxygen atoms in total. The lowest BCUT2D eigenvalue weighted by Crippen LogP contribution is -2.06. The lowest BCUT2D eigenvalue weighted by Gasteiger charge is -2.06. The second-order valence-corrected chi connectivity index (χ2v) is 7.73. The molecule has 2 aromatic carbocycles. The maximum absolute atomic E-state index is 13.9. The molecule has 3 aromatic rings. The second kappa shape index (κ2) is 6.06. The molecule has 0 saturated heterocycles. The van der Waals surface area contributed by atoms with Crippen molar-refractivity contribution in [1.82, 2.24) is 15.0 Å². The van der Waals surface area contributed by atoms with Gasteiger partial charge in [0.1, 0.15) is 17.3 Å². The fourth-order valence-electron chi connectivity index (χ4n) is 2.17. The molecule has 0 fully saturated rings. The van der Waals surface area contributed by atoms with Gasteiger partial charge in [0.2, 0.25) is 14.9 Å². The molecule has 0 atom stereocenters. The molecule has 0 aliphatic heterocycles. The minimum atomic E-state index is -3.93. The first kappa shape index (κ1) is 16.7. The molecule has 24 heavy (non-hydrogen) atoms. The van der Waals surface area contributed by atoms with Crippen molar-refractivity contribution in [3.8, 4) is 5.69 Å². The van der Waals surface area contributed by atoms with Crippen LogP contribution in [-0.2, 0) is 9.84 Å². The predicted octanol–water partition coefficient (Wildman–Crippen LogP) is 3.45. The highest BCUT2D eigenvalue weighted by molar-refractivity contribution is 9.10. The molecule has 0 bridgehead atoms. The van der Waals surface area contributed by atoms with Gasteiger partial charge in [-0.25, -0.2) is 21.9 Å². The van der Waals surface area contributed by atoms with E-state index in [-0.39, 0.29) is 21.3 Å². The number of hydrogen-bond acceptors (Lipinski definition) is 4. The Kier molecular flexibility index (Phi) is 4.22. The average Bonchev–Trinajstić information content (AvgIpc) is 2.92. The summed E-state index contributed by atoms with van der Waals surface area (Å²) < 4.78 is 54.3. The number of hydrogen-bond donors (Lipinski definition) is 0. The zero-order valence-electron chi connectivity index (χ0n) is 12.2. The number of aromatic nitrogens is 3. The van der Waals surface area contributed by atoms with Crippen LogP contribution in [0.1, 0.15) is 5.69 Å². The largest absolute Gasteiger partial charge is 0.227 e. The fourth-order valence-corrected chi connectivity index (χ4v) is 3.77. The van der Waals surface area contributed by atoms with E-state index in [0.29, 0.717) is 0 Å². The third-order valence-electron chi connectivity index (χ3n) is 3.37. The Labute approximate surface area is 145 Å². The van der Waals surface area contributed by atoms with E-state index in [1.165, 1.54) is 19.1 Å². The van der Waals surface area contributed by atoms with E-state index in [4.69, 9.17) is 0 Å². The van der Waals surface area contributed by atoms with Gasteiger partial charge in [-0.2, -0.15) is 0 Å². The van der Waals surface area contributed by atoms with E-state index in [2.05, 4.69) is 26.2 Å². The van der Waals surface area contributed by atoms with Gasteiger partial charge in [0, 0.05) is 10.5 Å². The summed E-state index contributed by atoms with van der Waals surface area (Å²) >= 11 is 3.23. The van der Waals surface area contributed by atoms with Crippen LogP contribution in [0.25, 0.3) is 5.69 Å². The third-order valence-corrected chi connectivity index (χ3v) is 5.67. The summed E-state index contributed by atoms with van der Waals surface area (Å²) in [5, 5.41) is 7.01. The quantitative estimate of drug-likeness (QED) is 0.659. The Morgan fingerprint density at radius 2 is 1.75 bits per heavy atom. The molecule has 1 heterocycles. The highest BCUT2D eigenvalue weighted by atomic mass is 79.9. The van der Waals surface area contributed by atoms with E-state index >= 15 is 0 Å². The molecule has 0 saturated carbocycles. The van der Waals surface area contributed by atoms with E-state index in [1.54, 1.807) is 12.1 Å². The first-order valence-electron chi connectivity index (χ1n) is 6.69. The van der Waals surface area contributed by atoms with Gasteiger partial charge in [-0.05, 0) is 43.3 Å². The van der Waals surface area contributed by atoms with Crippen LogP contribution >= 0.6 is 15.9 Å². The standard InChI is InChI=1S/C15H10BrF2N3O2S/c1-9-15(24(22,23)12-5-2-10(16)3-6-12)19-20-21(9)14-8-11(17)4-7-13(14)18/h2-8H,1H3. The SMILES string of the molecule is Cc1c(S(=O)(=O)c2ccc(Br)cc2)nnn1-c1cc(F)ccc1F. The first-order valence-corrected chi connectivity index (χ1v) is 8.96. The van der Waals surface area contributed by atoms with Crippen molar-refractivity contribution in [2.75, 3.05) is 0 Å². The molecule has 0 radical (unpaired) electrons. The average molecular weight is 414 g/mol. The van der Waals surface area contributed by atoms with Crippen LogP contribution in [-0.4, -0.2) is 23.4 Å². The number of benzene rings is 2. The molecule has 0 unspecified atom stereocenters. The lowest BCUT2D eigenvalue weighted by atomic mass is 10.3. The van der Waals surface area contributed by atoms with Gasteiger partial charge in [-0.15, -0.1) is 5.10 Å². The van der Waals surface area contributed by atoms with Crippen LogP contribution < -0.4 is 0 Å². The minimum absolute atomic E-state index is 0.0283. The van der Waals surface area contributed by atoms with E-state index < -0.39 is 21.5 Å². The van der Waals surface area contributed by atoms with Gasteiger partial charge < -0.3 is 0 Å². The summed E-state index contributed by atoms with van der Waals surface area (Å²) in [6.45, 7) is 1.43. The first-order chi connectivity index (χ1) is 11.3. The molecule has 0 spiro atoms. The van der Waals surface area contributed by atoms with Crippen LogP contribution in [0.3, 0.4) is 0 Å². The smallest absolute Gasteiger partial charge is 0.217 e. The van der Waals surface area contributed by atoms with E-state index in [0.717, 1.165) is 27.4 Å². The molecule has 124 valence electrons. The Bertz CT molecular complexity index is 1020. The summed E-state index contributed by atoms with van der Waals surface area (Å²) in [6.07, 6.45) is 0. The van der Waals surface area contributed by atoms with E-state index in [1.807, 2.05) is 0 Å². The third kappa shape index (κ3) is 2.84. The van der Waals surface area contributed by atoms with Crippen molar-refractivity contribution in [1.29, 1.82) is 0 Å². The molecule has 0 aliphatic rings. The fraction of sp³-hybridized carbons (Fsp3) is 0.0667. The Hall–Kier alpha value is -2.13.